The van der Waals surface area contributed by atoms with Gasteiger partial charge in [0, 0.05) is 30.5 Å². The first-order valence-electron chi connectivity index (χ1n) is 8.83. The molecule has 1 saturated heterocycles. The molecule has 0 aliphatic carbocycles. The van der Waals surface area contributed by atoms with E-state index >= 15 is 0 Å². The van der Waals surface area contributed by atoms with Crippen molar-refractivity contribution in [3.05, 3.63) is 29.2 Å². The molecule has 0 unspecified atom stereocenters. The first-order valence-corrected chi connectivity index (χ1v) is 8.83. The minimum Gasteiger partial charge on any atom is -0.481 e. The second kappa shape index (κ2) is 6.68. The fourth-order valence-corrected chi connectivity index (χ4v) is 3.82. The maximum absolute atomic E-state index is 12.9. The van der Waals surface area contributed by atoms with Crippen molar-refractivity contribution in [2.24, 2.45) is 5.41 Å². The summed E-state index contributed by atoms with van der Waals surface area (Å²) in [5.74, 6) is -1.39. The lowest BCUT2D eigenvalue weighted by Gasteiger charge is -2.43. The number of rotatable bonds is 4. The number of carboxylic acid groups (broad SMARTS) is 1. The third-order valence-electron chi connectivity index (χ3n) is 5.15. The second-order valence-electron chi connectivity index (χ2n) is 7.08. The average molecular weight is 360 g/mol. The molecule has 0 saturated carbocycles. The van der Waals surface area contributed by atoms with Crippen LogP contribution in [-0.2, 0) is 4.79 Å². The summed E-state index contributed by atoms with van der Waals surface area (Å²) in [7, 11) is 0. The lowest BCUT2D eigenvalue weighted by Crippen LogP contribution is -2.57. The van der Waals surface area contributed by atoms with E-state index in [9.17, 15) is 19.8 Å². The number of nitrogens with zero attached hydrogens (tertiary/aromatic N) is 4. The molecule has 2 aromatic rings. The number of carbonyl (C=O) groups is 2. The predicted octanol–water partition coefficient (Wildman–Crippen LogP) is 1.42. The van der Waals surface area contributed by atoms with Gasteiger partial charge in [0.25, 0.3) is 5.91 Å². The fourth-order valence-electron chi connectivity index (χ4n) is 3.82. The molecule has 3 heterocycles. The quantitative estimate of drug-likeness (QED) is 0.854. The van der Waals surface area contributed by atoms with Crippen LogP contribution in [0.4, 0.5) is 0 Å². The minimum atomic E-state index is -1.33. The van der Waals surface area contributed by atoms with Crippen LogP contribution < -0.4 is 0 Å². The number of aryl methyl sites for hydroxylation is 2. The maximum atomic E-state index is 12.9. The zero-order valence-corrected chi connectivity index (χ0v) is 15.3. The Balaban J connectivity index is 1.92. The van der Waals surface area contributed by atoms with Crippen LogP contribution in [0.2, 0.25) is 0 Å². The van der Waals surface area contributed by atoms with Gasteiger partial charge < -0.3 is 15.1 Å². The van der Waals surface area contributed by atoms with E-state index in [0.717, 1.165) is 11.4 Å². The highest BCUT2D eigenvalue weighted by atomic mass is 16.4. The van der Waals surface area contributed by atoms with Crippen molar-refractivity contribution >= 4 is 17.5 Å². The van der Waals surface area contributed by atoms with Crippen LogP contribution in [0.5, 0.6) is 0 Å². The first-order chi connectivity index (χ1) is 12.3. The van der Waals surface area contributed by atoms with Crippen LogP contribution in [0.3, 0.4) is 0 Å². The molecule has 0 bridgehead atoms. The summed E-state index contributed by atoms with van der Waals surface area (Å²) in [6.07, 6.45) is 0.207. The summed E-state index contributed by atoms with van der Waals surface area (Å²) in [6.45, 7) is 5.92. The van der Waals surface area contributed by atoms with Gasteiger partial charge in [-0.05, 0) is 32.8 Å². The number of aliphatic carboxylic acids is 1. The van der Waals surface area contributed by atoms with Crippen molar-refractivity contribution in [2.75, 3.05) is 13.1 Å². The Morgan fingerprint density at radius 1 is 1.35 bits per heavy atom. The molecule has 0 radical (unpaired) electrons. The summed E-state index contributed by atoms with van der Waals surface area (Å²) in [5, 5.41) is 24.4. The monoisotopic (exact) mass is 360 g/mol. The fraction of sp³-hybridized carbons (Fsp3) is 0.556. The van der Waals surface area contributed by atoms with Crippen LogP contribution in [0.25, 0.3) is 5.65 Å². The largest absolute Gasteiger partial charge is 0.481 e. The number of carboxylic acids is 1. The van der Waals surface area contributed by atoms with E-state index < -0.39 is 17.5 Å². The van der Waals surface area contributed by atoms with Crippen molar-refractivity contribution in [1.29, 1.82) is 0 Å². The van der Waals surface area contributed by atoms with Gasteiger partial charge in [0.2, 0.25) is 0 Å². The van der Waals surface area contributed by atoms with Crippen LogP contribution in [0.1, 0.15) is 48.1 Å². The number of aromatic nitrogens is 3. The number of amides is 1. The van der Waals surface area contributed by atoms with E-state index in [1.165, 1.54) is 4.90 Å². The number of piperidine rings is 1. The van der Waals surface area contributed by atoms with E-state index in [-0.39, 0.29) is 24.6 Å². The Bertz CT molecular complexity index is 862. The van der Waals surface area contributed by atoms with Gasteiger partial charge in [-0.15, -0.1) is 0 Å². The Hall–Kier alpha value is -2.48. The first kappa shape index (κ1) is 18.3. The molecule has 1 fully saturated rings. The normalized spacial score (nSPS) is 23.4. The van der Waals surface area contributed by atoms with Gasteiger partial charge in [-0.2, -0.15) is 5.10 Å². The van der Waals surface area contributed by atoms with Gasteiger partial charge in [-0.25, -0.2) is 9.50 Å². The van der Waals surface area contributed by atoms with Crippen LogP contribution in [0.15, 0.2) is 12.1 Å². The summed E-state index contributed by atoms with van der Waals surface area (Å²) >= 11 is 0. The van der Waals surface area contributed by atoms with Crippen molar-refractivity contribution in [3.8, 4) is 0 Å². The third-order valence-corrected chi connectivity index (χ3v) is 5.15. The molecule has 2 aromatic heterocycles. The Morgan fingerprint density at radius 3 is 2.73 bits per heavy atom. The van der Waals surface area contributed by atoms with E-state index in [0.29, 0.717) is 25.0 Å². The standard InChI is InChI=1S/C18H24N4O4/c1-4-6-18(17(25)26)10-21(7-5-14(18)23)16(24)13-9-15-19-11(2)8-12(3)22(15)20-13/h8-9,14,23H,4-7,10H2,1-3H3,(H,25,26)/t14-,18-/m1/s1. The molecule has 0 aromatic carbocycles. The van der Waals surface area contributed by atoms with Crippen molar-refractivity contribution in [2.45, 2.75) is 46.1 Å². The molecule has 8 nitrogen and oxygen atoms in total. The number of hydrogen-bond acceptors (Lipinski definition) is 5. The highest BCUT2D eigenvalue weighted by Crippen LogP contribution is 2.36. The number of hydrogen-bond donors (Lipinski definition) is 2. The lowest BCUT2D eigenvalue weighted by molar-refractivity contribution is -0.162. The molecule has 1 amide bonds. The number of carbonyl (C=O) groups excluding carboxylic acids is 1. The van der Waals surface area contributed by atoms with Crippen LogP contribution >= 0.6 is 0 Å². The lowest BCUT2D eigenvalue weighted by atomic mass is 9.74. The zero-order chi connectivity index (χ0) is 19.1. The number of aliphatic hydroxyl groups is 1. The predicted molar refractivity (Wildman–Crippen MR) is 94.0 cm³/mol. The smallest absolute Gasteiger partial charge is 0.314 e. The molecule has 8 heteroatoms. The van der Waals surface area contributed by atoms with Crippen LogP contribution in [-0.4, -0.2) is 60.8 Å². The molecule has 1 aliphatic heterocycles. The topological polar surface area (TPSA) is 108 Å². The Labute approximate surface area is 151 Å². The SMILES string of the molecule is CCC[C@@]1(C(=O)O)CN(C(=O)c2cc3nc(C)cc(C)n3n2)CC[C@H]1O. The van der Waals surface area contributed by atoms with E-state index in [1.54, 1.807) is 10.6 Å². The van der Waals surface area contributed by atoms with Gasteiger partial charge >= 0.3 is 5.97 Å². The maximum Gasteiger partial charge on any atom is 0.314 e. The zero-order valence-electron chi connectivity index (χ0n) is 15.3. The number of fused-ring (bicyclic) bond motifs is 1. The van der Waals surface area contributed by atoms with Crippen molar-refractivity contribution in [1.82, 2.24) is 19.5 Å². The summed E-state index contributed by atoms with van der Waals surface area (Å²) in [6, 6.07) is 3.50. The van der Waals surface area contributed by atoms with Gasteiger partial charge in [0.1, 0.15) is 5.41 Å². The van der Waals surface area contributed by atoms with E-state index in [1.807, 2.05) is 26.8 Å². The third kappa shape index (κ3) is 2.94. The molecule has 3 rings (SSSR count). The van der Waals surface area contributed by atoms with Crippen molar-refractivity contribution in [3.63, 3.8) is 0 Å². The molecule has 26 heavy (non-hydrogen) atoms. The molecule has 2 atom stereocenters. The molecular formula is C18H24N4O4. The highest BCUT2D eigenvalue weighted by Gasteiger charge is 2.49. The Morgan fingerprint density at radius 2 is 2.08 bits per heavy atom. The number of likely N-dealkylation sites (tertiary alicyclic amines) is 1. The van der Waals surface area contributed by atoms with E-state index in [2.05, 4.69) is 10.1 Å². The molecular weight excluding hydrogens is 336 g/mol. The molecule has 140 valence electrons. The summed E-state index contributed by atoms with van der Waals surface area (Å²) < 4.78 is 1.61. The highest BCUT2D eigenvalue weighted by molar-refractivity contribution is 5.94. The van der Waals surface area contributed by atoms with Gasteiger partial charge in [-0.1, -0.05) is 13.3 Å². The van der Waals surface area contributed by atoms with Crippen LogP contribution in [0, 0.1) is 19.3 Å². The minimum absolute atomic E-state index is 0.0184. The van der Waals surface area contributed by atoms with Gasteiger partial charge in [-0.3, -0.25) is 9.59 Å². The summed E-state index contributed by atoms with van der Waals surface area (Å²) in [4.78, 5) is 30.7. The molecule has 2 N–H and O–H groups in total. The van der Waals surface area contributed by atoms with Crippen molar-refractivity contribution < 1.29 is 19.8 Å². The van der Waals surface area contributed by atoms with Gasteiger partial charge in [0.05, 0.1) is 6.10 Å². The molecule has 1 aliphatic rings. The number of aliphatic hydroxyl groups excluding tert-OH is 1. The van der Waals surface area contributed by atoms with Gasteiger partial charge in [0.15, 0.2) is 11.3 Å². The average Bonchev–Trinajstić information content (AvgIpc) is 3.00. The summed E-state index contributed by atoms with van der Waals surface area (Å²) in [5.41, 5.74) is 1.20. The van der Waals surface area contributed by atoms with E-state index in [4.69, 9.17) is 0 Å². The Kier molecular flexibility index (Phi) is 4.70. The second-order valence-corrected chi connectivity index (χ2v) is 7.08. The molecule has 0 spiro atoms.